The van der Waals surface area contributed by atoms with Crippen molar-refractivity contribution in [3.05, 3.63) is 206 Å². The first-order valence-electron chi connectivity index (χ1n) is 19.9. The Kier molecular flexibility index (Phi) is 8.34. The zero-order chi connectivity index (χ0) is 39.3. The van der Waals surface area contributed by atoms with Crippen molar-refractivity contribution in [2.45, 2.75) is 6.92 Å². The van der Waals surface area contributed by atoms with E-state index in [1.165, 1.54) is 37.9 Å². The van der Waals surface area contributed by atoms with Crippen LogP contribution in [0.2, 0.25) is 0 Å². The molecule has 0 aliphatic carbocycles. The molecule has 0 amide bonds. The molecule has 0 N–H and O–H groups in total. The van der Waals surface area contributed by atoms with Gasteiger partial charge in [0.15, 0.2) is 17.5 Å². The largest absolute Gasteiger partial charge is 0.261 e. The Morgan fingerprint density at radius 1 is 0.305 bits per heavy atom. The van der Waals surface area contributed by atoms with Crippen LogP contribution in [-0.2, 0) is 0 Å². The number of aryl methyl sites for hydroxylation is 1. The lowest BCUT2D eigenvalue weighted by Gasteiger charge is -2.17. The van der Waals surface area contributed by atoms with Crippen LogP contribution in [0.25, 0.3) is 111 Å². The molecule has 0 atom stereocenters. The Balaban J connectivity index is 1.08. The van der Waals surface area contributed by atoms with Gasteiger partial charge in [-0.05, 0) is 109 Å². The van der Waals surface area contributed by atoms with Gasteiger partial charge in [-0.25, -0.2) is 15.0 Å². The monoisotopic (exact) mass is 752 g/mol. The van der Waals surface area contributed by atoms with Crippen LogP contribution in [-0.4, -0.2) is 19.9 Å². The molecule has 0 aliphatic rings. The maximum absolute atomic E-state index is 5.17. The molecular formula is C55H36N4. The second kappa shape index (κ2) is 14.3. The van der Waals surface area contributed by atoms with Gasteiger partial charge in [0.25, 0.3) is 0 Å². The first-order chi connectivity index (χ1) is 29.1. The highest BCUT2D eigenvalue weighted by atomic mass is 15.0. The van der Waals surface area contributed by atoms with Gasteiger partial charge in [-0.15, -0.1) is 0 Å². The van der Waals surface area contributed by atoms with Crippen LogP contribution < -0.4 is 0 Å². The molecule has 0 aliphatic heterocycles. The van der Waals surface area contributed by atoms with E-state index in [-0.39, 0.29) is 0 Å². The smallest absolute Gasteiger partial charge is 0.164 e. The highest BCUT2D eigenvalue weighted by Gasteiger charge is 2.18. The molecule has 2 heterocycles. The van der Waals surface area contributed by atoms with E-state index < -0.39 is 0 Å². The summed E-state index contributed by atoms with van der Waals surface area (Å²) in [7, 11) is 0. The Labute approximate surface area is 342 Å². The maximum Gasteiger partial charge on any atom is 0.164 e. The third-order valence-corrected chi connectivity index (χ3v) is 11.4. The van der Waals surface area contributed by atoms with Crippen molar-refractivity contribution in [3.63, 3.8) is 0 Å². The van der Waals surface area contributed by atoms with Gasteiger partial charge in [0.1, 0.15) is 0 Å². The predicted octanol–water partition coefficient (Wildman–Crippen LogP) is 14.1. The molecule has 0 spiro atoms. The highest BCUT2D eigenvalue weighted by Crippen LogP contribution is 2.42. The summed E-state index contributed by atoms with van der Waals surface area (Å²) in [6.45, 7) is 2.01. The highest BCUT2D eigenvalue weighted by molar-refractivity contribution is 6.26. The molecule has 0 bridgehead atoms. The fourth-order valence-corrected chi connectivity index (χ4v) is 8.37. The standard InChI is InChI=1S/C55H36N4/c1-35-18-19-45(34-56-35)38-24-20-36(21-25-38)37-22-26-39(27-23-37)46-30-47(50-33-44-16-8-14-40-28-29-41-15-9-17-49(50)52(41)51(40)44)32-48(31-46)55-58-53(42-10-4-2-5-11-42)57-54(59-55)43-12-6-3-7-13-43/h2-34H,1H3. The Morgan fingerprint density at radius 2 is 0.780 bits per heavy atom. The van der Waals surface area contributed by atoms with Gasteiger partial charge >= 0.3 is 0 Å². The average molecular weight is 753 g/mol. The van der Waals surface area contributed by atoms with Crippen LogP contribution >= 0.6 is 0 Å². The van der Waals surface area contributed by atoms with Crippen molar-refractivity contribution in [3.8, 4) is 78.7 Å². The van der Waals surface area contributed by atoms with Gasteiger partial charge < -0.3 is 0 Å². The third kappa shape index (κ3) is 6.37. The van der Waals surface area contributed by atoms with Crippen LogP contribution in [0.3, 0.4) is 0 Å². The minimum absolute atomic E-state index is 0.624. The van der Waals surface area contributed by atoms with E-state index in [0.717, 1.165) is 61.3 Å². The number of benzene rings is 9. The summed E-state index contributed by atoms with van der Waals surface area (Å²) >= 11 is 0. The van der Waals surface area contributed by atoms with Crippen LogP contribution in [0.1, 0.15) is 5.69 Å². The minimum atomic E-state index is 0.624. The zero-order valence-electron chi connectivity index (χ0n) is 32.3. The summed E-state index contributed by atoms with van der Waals surface area (Å²) in [6, 6.07) is 69.0. The molecule has 4 nitrogen and oxygen atoms in total. The molecule has 276 valence electrons. The molecule has 11 aromatic rings. The van der Waals surface area contributed by atoms with Gasteiger partial charge in [-0.2, -0.15) is 0 Å². The molecule has 0 saturated heterocycles. The summed E-state index contributed by atoms with van der Waals surface area (Å²) in [5.41, 5.74) is 12.9. The van der Waals surface area contributed by atoms with Crippen molar-refractivity contribution >= 4 is 32.3 Å². The van der Waals surface area contributed by atoms with Crippen LogP contribution in [0.5, 0.6) is 0 Å². The molecule has 2 aromatic heterocycles. The number of rotatable bonds is 7. The molecule has 0 unspecified atom stereocenters. The summed E-state index contributed by atoms with van der Waals surface area (Å²) in [5, 5.41) is 7.53. The van der Waals surface area contributed by atoms with Crippen molar-refractivity contribution in [1.82, 2.24) is 19.9 Å². The van der Waals surface area contributed by atoms with Gasteiger partial charge in [0, 0.05) is 34.1 Å². The SMILES string of the molecule is Cc1ccc(-c2ccc(-c3ccc(-c4cc(-c5nc(-c6ccccc6)nc(-c6ccccc6)n5)cc(-c5cc6cccc7ccc8cccc5c8c76)c4)cc3)cc2)cn1. The Bertz CT molecular complexity index is 3230. The molecule has 0 fully saturated rings. The second-order valence-electron chi connectivity index (χ2n) is 15.2. The number of hydrogen-bond donors (Lipinski definition) is 0. The van der Waals surface area contributed by atoms with Gasteiger partial charge in [-0.3, -0.25) is 4.98 Å². The van der Waals surface area contributed by atoms with Crippen LogP contribution in [0.4, 0.5) is 0 Å². The van der Waals surface area contributed by atoms with Crippen molar-refractivity contribution in [1.29, 1.82) is 0 Å². The lowest BCUT2D eigenvalue weighted by Crippen LogP contribution is -2.00. The van der Waals surface area contributed by atoms with Crippen LogP contribution in [0, 0.1) is 6.92 Å². The molecule has 59 heavy (non-hydrogen) atoms. The molecule has 11 rings (SSSR count). The van der Waals surface area contributed by atoms with E-state index in [4.69, 9.17) is 15.0 Å². The third-order valence-electron chi connectivity index (χ3n) is 11.4. The Morgan fingerprint density at radius 3 is 1.37 bits per heavy atom. The van der Waals surface area contributed by atoms with Gasteiger partial charge in [0.2, 0.25) is 0 Å². The van der Waals surface area contributed by atoms with E-state index in [1.54, 1.807) is 0 Å². The van der Waals surface area contributed by atoms with E-state index in [1.807, 2.05) is 49.5 Å². The number of pyridine rings is 1. The summed E-state index contributed by atoms with van der Waals surface area (Å²) < 4.78 is 0. The lowest BCUT2D eigenvalue weighted by atomic mass is 9.87. The Hall–Kier alpha value is -7.82. The molecule has 9 aromatic carbocycles. The molecule has 0 saturated carbocycles. The van der Waals surface area contributed by atoms with Crippen molar-refractivity contribution in [2.24, 2.45) is 0 Å². The quantitative estimate of drug-likeness (QED) is 0.152. The van der Waals surface area contributed by atoms with E-state index in [2.05, 4.69) is 163 Å². The van der Waals surface area contributed by atoms with E-state index in [9.17, 15) is 0 Å². The number of aromatic nitrogens is 4. The number of nitrogens with zero attached hydrogens (tertiary/aromatic N) is 4. The summed E-state index contributed by atoms with van der Waals surface area (Å²) in [5.74, 6) is 1.90. The van der Waals surface area contributed by atoms with Gasteiger partial charge in [-0.1, -0.05) is 164 Å². The summed E-state index contributed by atoms with van der Waals surface area (Å²) in [6.07, 6.45) is 1.94. The average Bonchev–Trinajstić information content (AvgIpc) is 3.31. The minimum Gasteiger partial charge on any atom is -0.261 e. The molecule has 4 heteroatoms. The van der Waals surface area contributed by atoms with E-state index in [0.29, 0.717) is 17.5 Å². The first kappa shape index (κ1) is 34.4. The topological polar surface area (TPSA) is 51.6 Å². The summed E-state index contributed by atoms with van der Waals surface area (Å²) in [4.78, 5) is 19.8. The second-order valence-corrected chi connectivity index (χ2v) is 15.2. The molecule has 0 radical (unpaired) electrons. The van der Waals surface area contributed by atoms with E-state index >= 15 is 0 Å². The number of hydrogen-bond acceptors (Lipinski definition) is 4. The maximum atomic E-state index is 5.17. The van der Waals surface area contributed by atoms with Gasteiger partial charge in [0.05, 0.1) is 0 Å². The lowest BCUT2D eigenvalue weighted by molar-refractivity contribution is 1.07. The normalized spacial score (nSPS) is 11.5. The fourth-order valence-electron chi connectivity index (χ4n) is 8.37. The molecular weight excluding hydrogens is 717 g/mol. The van der Waals surface area contributed by atoms with Crippen LogP contribution in [0.15, 0.2) is 200 Å². The van der Waals surface area contributed by atoms with Crippen molar-refractivity contribution < 1.29 is 0 Å². The predicted molar refractivity (Wildman–Crippen MR) is 244 cm³/mol. The first-order valence-corrected chi connectivity index (χ1v) is 19.9. The van der Waals surface area contributed by atoms with Crippen molar-refractivity contribution in [2.75, 3.05) is 0 Å². The zero-order valence-corrected chi connectivity index (χ0v) is 32.3. The fraction of sp³-hybridized carbons (Fsp3) is 0.0182.